The maximum Gasteiger partial charge on any atom is 0.225 e. The van der Waals surface area contributed by atoms with Crippen LogP contribution in [0.15, 0.2) is 36.9 Å². The van der Waals surface area contributed by atoms with E-state index < -0.39 is 5.82 Å². The van der Waals surface area contributed by atoms with Gasteiger partial charge in [-0.25, -0.2) is 14.4 Å². The van der Waals surface area contributed by atoms with Gasteiger partial charge in [0, 0.05) is 25.7 Å². The summed E-state index contributed by atoms with van der Waals surface area (Å²) < 4.78 is 25.1. The van der Waals surface area contributed by atoms with Crippen molar-refractivity contribution in [1.29, 1.82) is 0 Å². The molecule has 2 aliphatic heterocycles. The molecule has 0 aliphatic carbocycles. The minimum Gasteiger partial charge on any atom is -0.486 e. The van der Waals surface area contributed by atoms with Gasteiger partial charge in [0.25, 0.3) is 0 Å². The van der Waals surface area contributed by atoms with Gasteiger partial charge in [0.15, 0.2) is 5.82 Å². The fourth-order valence-electron chi connectivity index (χ4n) is 3.51. The second-order valence-corrected chi connectivity index (χ2v) is 6.35. The molecule has 2 fully saturated rings. The summed E-state index contributed by atoms with van der Waals surface area (Å²) in [5.41, 5.74) is -0.247. The van der Waals surface area contributed by atoms with Crippen LogP contribution in [0.25, 0.3) is 0 Å². The number of rotatable bonds is 3. The average molecular weight is 330 g/mol. The predicted molar refractivity (Wildman–Crippen MR) is 85.4 cm³/mol. The Kier molecular flexibility index (Phi) is 4.02. The summed E-state index contributed by atoms with van der Waals surface area (Å²) in [6.07, 6.45) is 8.65. The third-order valence-corrected chi connectivity index (χ3v) is 4.54. The maximum atomic E-state index is 13.0. The summed E-state index contributed by atoms with van der Waals surface area (Å²) in [5, 5.41) is 0. The third kappa shape index (κ3) is 3.17. The quantitative estimate of drug-likeness (QED) is 0.860. The molecule has 6 nitrogen and oxygen atoms in total. The normalized spacial score (nSPS) is 26.7. The first-order valence-corrected chi connectivity index (χ1v) is 8.16. The molecular weight excluding hydrogens is 311 g/mol. The van der Waals surface area contributed by atoms with Gasteiger partial charge < -0.3 is 14.4 Å². The number of piperidine rings is 1. The van der Waals surface area contributed by atoms with E-state index >= 15 is 0 Å². The molecule has 0 N–H and O–H groups in total. The van der Waals surface area contributed by atoms with E-state index in [4.69, 9.17) is 9.47 Å². The van der Waals surface area contributed by atoms with Gasteiger partial charge in [-0.3, -0.25) is 4.98 Å². The van der Waals surface area contributed by atoms with E-state index in [1.165, 1.54) is 12.4 Å². The molecule has 0 radical (unpaired) electrons. The molecule has 2 atom stereocenters. The van der Waals surface area contributed by atoms with Gasteiger partial charge in [0.2, 0.25) is 5.95 Å². The SMILES string of the molecule is Fc1cnc(N2CCCC3(CC(Oc4cccnc4)CO3)C2)nc1. The molecule has 0 amide bonds. The van der Waals surface area contributed by atoms with Crippen LogP contribution in [0.3, 0.4) is 0 Å². The number of ether oxygens (including phenoxy) is 2. The van der Waals surface area contributed by atoms with Crippen LogP contribution in [0.2, 0.25) is 0 Å². The van der Waals surface area contributed by atoms with Crippen molar-refractivity contribution in [2.45, 2.75) is 31.0 Å². The number of hydrogen-bond acceptors (Lipinski definition) is 6. The van der Waals surface area contributed by atoms with Crippen molar-refractivity contribution in [2.75, 3.05) is 24.6 Å². The summed E-state index contributed by atoms with van der Waals surface area (Å²) in [5.74, 6) is 0.890. The van der Waals surface area contributed by atoms with Crippen molar-refractivity contribution < 1.29 is 13.9 Å². The largest absolute Gasteiger partial charge is 0.486 e. The fraction of sp³-hybridized carbons (Fsp3) is 0.471. The van der Waals surface area contributed by atoms with Gasteiger partial charge >= 0.3 is 0 Å². The highest BCUT2D eigenvalue weighted by Crippen LogP contribution is 2.36. The lowest BCUT2D eigenvalue weighted by molar-refractivity contribution is -0.00845. The van der Waals surface area contributed by atoms with Crippen molar-refractivity contribution >= 4 is 5.95 Å². The number of aromatic nitrogens is 3. The number of hydrogen-bond donors (Lipinski definition) is 0. The topological polar surface area (TPSA) is 60.4 Å². The van der Waals surface area contributed by atoms with E-state index in [1.54, 1.807) is 12.4 Å². The van der Waals surface area contributed by atoms with Crippen LogP contribution in [0.4, 0.5) is 10.3 Å². The van der Waals surface area contributed by atoms with Gasteiger partial charge in [-0.15, -0.1) is 0 Å². The molecule has 2 saturated heterocycles. The molecule has 0 bridgehead atoms. The zero-order valence-electron chi connectivity index (χ0n) is 13.3. The van der Waals surface area contributed by atoms with Gasteiger partial charge in [0.05, 0.1) is 30.8 Å². The van der Waals surface area contributed by atoms with Crippen molar-refractivity contribution in [3.63, 3.8) is 0 Å². The molecule has 7 heteroatoms. The first-order chi connectivity index (χ1) is 11.7. The Morgan fingerprint density at radius 1 is 1.29 bits per heavy atom. The lowest BCUT2D eigenvalue weighted by atomic mass is 9.89. The Morgan fingerprint density at radius 2 is 2.17 bits per heavy atom. The van der Waals surface area contributed by atoms with Crippen LogP contribution in [0.5, 0.6) is 5.75 Å². The van der Waals surface area contributed by atoms with E-state index in [1.807, 2.05) is 12.1 Å². The summed E-state index contributed by atoms with van der Waals surface area (Å²) in [4.78, 5) is 14.3. The lowest BCUT2D eigenvalue weighted by Gasteiger charge is -2.39. The van der Waals surface area contributed by atoms with Crippen LogP contribution in [0, 0.1) is 5.82 Å². The highest BCUT2D eigenvalue weighted by atomic mass is 19.1. The molecule has 4 rings (SSSR count). The predicted octanol–water partition coefficient (Wildman–Crippen LogP) is 2.22. The molecule has 4 heterocycles. The molecule has 2 aliphatic rings. The van der Waals surface area contributed by atoms with Crippen LogP contribution >= 0.6 is 0 Å². The monoisotopic (exact) mass is 330 g/mol. The van der Waals surface area contributed by atoms with Crippen LogP contribution in [-0.4, -0.2) is 46.4 Å². The molecule has 2 aromatic rings. The molecule has 2 aromatic heterocycles. The average Bonchev–Trinajstić information content (AvgIpc) is 2.98. The number of halogens is 1. The van der Waals surface area contributed by atoms with Crippen molar-refractivity contribution in [3.05, 3.63) is 42.7 Å². The fourth-order valence-corrected chi connectivity index (χ4v) is 3.51. The van der Waals surface area contributed by atoms with Gasteiger partial charge in [-0.2, -0.15) is 0 Å². The summed E-state index contributed by atoms with van der Waals surface area (Å²) >= 11 is 0. The van der Waals surface area contributed by atoms with E-state index in [9.17, 15) is 4.39 Å². The first kappa shape index (κ1) is 15.3. The maximum absolute atomic E-state index is 13.0. The lowest BCUT2D eigenvalue weighted by Crippen LogP contribution is -2.48. The second kappa shape index (κ2) is 6.32. The van der Waals surface area contributed by atoms with Crippen molar-refractivity contribution in [1.82, 2.24) is 15.0 Å². The Morgan fingerprint density at radius 3 is 2.96 bits per heavy atom. The minimum atomic E-state index is -0.424. The standard InChI is InChI=1S/C17H19FN4O2/c18-13-8-20-16(21-9-13)22-6-2-4-17(12-22)7-15(11-23-17)24-14-3-1-5-19-10-14/h1,3,5,8-10,15H,2,4,6-7,11-12H2. The molecule has 0 aromatic carbocycles. The molecular formula is C17H19FN4O2. The second-order valence-electron chi connectivity index (χ2n) is 6.35. The van der Waals surface area contributed by atoms with Crippen LogP contribution in [-0.2, 0) is 4.74 Å². The number of nitrogens with zero attached hydrogens (tertiary/aromatic N) is 4. The molecule has 1 spiro atoms. The number of anilines is 1. The van der Waals surface area contributed by atoms with Gasteiger partial charge in [0.1, 0.15) is 11.9 Å². The molecule has 0 saturated carbocycles. The van der Waals surface area contributed by atoms with E-state index in [0.717, 1.165) is 31.6 Å². The van der Waals surface area contributed by atoms with Gasteiger partial charge in [-0.1, -0.05) is 0 Å². The van der Waals surface area contributed by atoms with E-state index in [2.05, 4.69) is 19.9 Å². The summed E-state index contributed by atoms with van der Waals surface area (Å²) in [7, 11) is 0. The molecule has 2 unspecified atom stereocenters. The zero-order valence-corrected chi connectivity index (χ0v) is 13.3. The van der Waals surface area contributed by atoms with Crippen LogP contribution in [0.1, 0.15) is 19.3 Å². The van der Waals surface area contributed by atoms with Crippen molar-refractivity contribution in [2.24, 2.45) is 0 Å². The van der Waals surface area contributed by atoms with Crippen LogP contribution < -0.4 is 9.64 Å². The number of pyridine rings is 1. The summed E-state index contributed by atoms with van der Waals surface area (Å²) in [6.45, 7) is 2.11. The summed E-state index contributed by atoms with van der Waals surface area (Å²) in [6, 6.07) is 3.76. The highest BCUT2D eigenvalue weighted by molar-refractivity contribution is 5.31. The van der Waals surface area contributed by atoms with Crippen molar-refractivity contribution in [3.8, 4) is 5.75 Å². The molecule has 126 valence electrons. The Labute approximate surface area is 139 Å². The minimum absolute atomic E-state index is 0.0169. The Bertz CT molecular complexity index is 685. The zero-order chi connectivity index (χ0) is 16.4. The van der Waals surface area contributed by atoms with E-state index in [-0.39, 0.29) is 11.7 Å². The smallest absolute Gasteiger partial charge is 0.225 e. The van der Waals surface area contributed by atoms with Gasteiger partial charge in [-0.05, 0) is 25.0 Å². The van der Waals surface area contributed by atoms with E-state index in [0.29, 0.717) is 19.1 Å². The highest BCUT2D eigenvalue weighted by Gasteiger charge is 2.45. The Hall–Kier alpha value is -2.28. The molecule has 24 heavy (non-hydrogen) atoms. The Balaban J connectivity index is 1.43. The first-order valence-electron chi connectivity index (χ1n) is 8.16. The third-order valence-electron chi connectivity index (χ3n) is 4.54.